The number of amides is 4. The Labute approximate surface area is 243 Å². The van der Waals surface area contributed by atoms with E-state index in [0.29, 0.717) is 67.9 Å². The first-order valence-electron chi connectivity index (χ1n) is 14.7. The summed E-state index contributed by atoms with van der Waals surface area (Å²) in [4.78, 5) is 60.4. The van der Waals surface area contributed by atoms with Crippen LogP contribution in [0.3, 0.4) is 0 Å². The lowest BCUT2D eigenvalue weighted by molar-refractivity contribution is -0.130. The van der Waals surface area contributed by atoms with Crippen LogP contribution in [0.25, 0.3) is 11.0 Å². The molecule has 1 aliphatic carbocycles. The fourth-order valence-corrected chi connectivity index (χ4v) is 6.11. The summed E-state index contributed by atoms with van der Waals surface area (Å²) in [5.41, 5.74) is 1.99. The van der Waals surface area contributed by atoms with Crippen LogP contribution in [0.15, 0.2) is 40.9 Å². The predicted molar refractivity (Wildman–Crippen MR) is 155 cm³/mol. The van der Waals surface area contributed by atoms with Crippen molar-refractivity contribution in [1.82, 2.24) is 14.8 Å². The second-order valence-electron chi connectivity index (χ2n) is 11.3. The quantitative estimate of drug-likeness (QED) is 0.456. The van der Waals surface area contributed by atoms with Crippen molar-refractivity contribution in [3.63, 3.8) is 0 Å². The number of nitrogens with zero attached hydrogens (tertiary/aromatic N) is 3. The molecular formula is C31H35N5O6. The van der Waals surface area contributed by atoms with Crippen LogP contribution in [0.5, 0.6) is 0 Å². The fraction of sp³-hybridized carbons (Fsp3) is 0.452. The van der Waals surface area contributed by atoms with Crippen molar-refractivity contribution in [3.8, 4) is 0 Å². The third-order valence-electron chi connectivity index (χ3n) is 8.46. The number of nitrogens with one attached hydrogen (secondary N) is 2. The minimum Gasteiger partial charge on any atom is -0.449 e. The number of carbonyl (C=O) groups excluding carboxylic acids is 4. The smallest absolute Gasteiger partial charge is 0.294 e. The van der Waals surface area contributed by atoms with E-state index in [2.05, 4.69) is 15.6 Å². The SMILES string of the molecule is Cc1ccc(NC(=O)c2oc3ccc(C(=O)N4CCOCC4)cc3c2NC(=O)C2CCC(N3CCCC3=O)CC2)nc1. The maximum absolute atomic E-state index is 13.6. The van der Waals surface area contributed by atoms with Gasteiger partial charge in [-0.2, -0.15) is 0 Å². The summed E-state index contributed by atoms with van der Waals surface area (Å²) in [6, 6.07) is 8.69. The summed E-state index contributed by atoms with van der Waals surface area (Å²) in [5.74, 6) is -0.699. The van der Waals surface area contributed by atoms with Gasteiger partial charge < -0.3 is 29.6 Å². The van der Waals surface area contributed by atoms with E-state index in [4.69, 9.17) is 9.15 Å². The lowest BCUT2D eigenvalue weighted by atomic mass is 9.84. The Balaban J connectivity index is 1.26. The molecule has 220 valence electrons. The van der Waals surface area contributed by atoms with Crippen LogP contribution in [0.4, 0.5) is 11.5 Å². The first-order chi connectivity index (χ1) is 20.4. The first-order valence-corrected chi connectivity index (χ1v) is 14.7. The molecule has 0 spiro atoms. The second kappa shape index (κ2) is 11.9. The van der Waals surface area contributed by atoms with Gasteiger partial charge in [0, 0.05) is 55.2 Å². The number of aryl methyl sites for hydroxylation is 1. The van der Waals surface area contributed by atoms with Gasteiger partial charge in [0.2, 0.25) is 17.6 Å². The van der Waals surface area contributed by atoms with Crippen LogP contribution < -0.4 is 10.6 Å². The van der Waals surface area contributed by atoms with Gasteiger partial charge in [0.05, 0.1) is 13.2 Å². The van der Waals surface area contributed by atoms with Crippen LogP contribution >= 0.6 is 0 Å². The third kappa shape index (κ3) is 5.74. The van der Waals surface area contributed by atoms with Crippen molar-refractivity contribution in [2.75, 3.05) is 43.5 Å². The summed E-state index contributed by atoms with van der Waals surface area (Å²) < 4.78 is 11.4. The molecule has 4 heterocycles. The Morgan fingerprint density at radius 3 is 2.45 bits per heavy atom. The summed E-state index contributed by atoms with van der Waals surface area (Å²) in [6.07, 6.45) is 5.96. The van der Waals surface area contributed by atoms with Gasteiger partial charge in [0.1, 0.15) is 17.1 Å². The highest BCUT2D eigenvalue weighted by molar-refractivity contribution is 6.15. The van der Waals surface area contributed by atoms with E-state index in [9.17, 15) is 19.2 Å². The van der Waals surface area contributed by atoms with Gasteiger partial charge in [-0.3, -0.25) is 19.2 Å². The van der Waals surface area contributed by atoms with Gasteiger partial charge in [-0.05, 0) is 68.9 Å². The zero-order valence-electron chi connectivity index (χ0n) is 23.7. The third-order valence-corrected chi connectivity index (χ3v) is 8.46. The van der Waals surface area contributed by atoms with E-state index in [1.807, 2.05) is 17.9 Å². The molecule has 2 N–H and O–H groups in total. The average Bonchev–Trinajstić information content (AvgIpc) is 3.61. The summed E-state index contributed by atoms with van der Waals surface area (Å²) in [6.45, 7) is 4.64. The number of anilines is 2. The monoisotopic (exact) mass is 573 g/mol. The minimum absolute atomic E-state index is 0.0620. The molecule has 0 atom stereocenters. The molecule has 6 rings (SSSR count). The number of aromatic nitrogens is 1. The largest absolute Gasteiger partial charge is 0.449 e. The zero-order chi connectivity index (χ0) is 29.2. The number of hydrogen-bond acceptors (Lipinski definition) is 7. The lowest BCUT2D eigenvalue weighted by Crippen LogP contribution is -2.40. The van der Waals surface area contributed by atoms with Crippen molar-refractivity contribution in [1.29, 1.82) is 0 Å². The molecule has 1 aromatic carbocycles. The Morgan fingerprint density at radius 2 is 1.76 bits per heavy atom. The average molecular weight is 574 g/mol. The molecule has 42 heavy (non-hydrogen) atoms. The molecule has 11 nitrogen and oxygen atoms in total. The van der Waals surface area contributed by atoms with E-state index in [1.54, 1.807) is 35.4 Å². The molecule has 3 aliphatic rings. The van der Waals surface area contributed by atoms with E-state index >= 15 is 0 Å². The Kier molecular flexibility index (Phi) is 7.92. The van der Waals surface area contributed by atoms with Gasteiger partial charge in [0.25, 0.3) is 11.8 Å². The highest BCUT2D eigenvalue weighted by atomic mass is 16.5. The Morgan fingerprint density at radius 1 is 0.976 bits per heavy atom. The highest BCUT2D eigenvalue weighted by Gasteiger charge is 2.34. The van der Waals surface area contributed by atoms with E-state index in [-0.39, 0.29) is 41.1 Å². The molecule has 3 fully saturated rings. The minimum atomic E-state index is -0.560. The fourth-order valence-electron chi connectivity index (χ4n) is 6.11. The normalized spacial score (nSPS) is 21.0. The topological polar surface area (TPSA) is 134 Å². The number of furan rings is 1. The predicted octanol–water partition coefficient (Wildman–Crippen LogP) is 3.98. The second-order valence-corrected chi connectivity index (χ2v) is 11.3. The molecule has 4 amide bonds. The van der Waals surface area contributed by atoms with Gasteiger partial charge >= 0.3 is 0 Å². The Bertz CT molecular complexity index is 1500. The highest BCUT2D eigenvalue weighted by Crippen LogP contribution is 2.35. The maximum Gasteiger partial charge on any atom is 0.294 e. The van der Waals surface area contributed by atoms with Crippen LogP contribution in [0.1, 0.15) is 65.0 Å². The number of carbonyl (C=O) groups is 4. The standard InChI is InChI=1S/C31H35N5O6/c1-19-4-11-25(32-18-19)33-30(39)28-27(34-29(38)20-5-8-22(9-6-20)36-12-2-3-26(36)37)23-17-21(7-10-24(23)42-28)31(40)35-13-15-41-16-14-35/h4,7,10-11,17-18,20,22H,2-3,5-6,8-9,12-16H2,1H3,(H,34,38)(H,32,33,39). The first kappa shape index (κ1) is 27.9. The number of rotatable bonds is 6. The lowest BCUT2D eigenvalue weighted by Gasteiger charge is -2.34. The number of fused-ring (bicyclic) bond motifs is 1. The van der Waals surface area contributed by atoms with Crippen LogP contribution in [0.2, 0.25) is 0 Å². The van der Waals surface area contributed by atoms with Crippen LogP contribution in [0, 0.1) is 12.8 Å². The summed E-state index contributed by atoms with van der Waals surface area (Å²) >= 11 is 0. The van der Waals surface area contributed by atoms with E-state index in [1.165, 1.54) is 0 Å². The number of ether oxygens (including phenoxy) is 1. The molecule has 3 aromatic rings. The number of pyridine rings is 1. The van der Waals surface area contributed by atoms with Crippen molar-refractivity contribution in [2.24, 2.45) is 5.92 Å². The zero-order valence-corrected chi connectivity index (χ0v) is 23.7. The summed E-state index contributed by atoms with van der Waals surface area (Å²) in [7, 11) is 0. The number of morpholine rings is 1. The summed E-state index contributed by atoms with van der Waals surface area (Å²) in [5, 5.41) is 6.20. The molecule has 11 heteroatoms. The van der Waals surface area contributed by atoms with Crippen molar-refractivity contribution < 1.29 is 28.3 Å². The number of likely N-dealkylation sites (tertiary alicyclic amines) is 1. The number of hydrogen-bond donors (Lipinski definition) is 2. The van der Waals surface area contributed by atoms with Crippen molar-refractivity contribution in [3.05, 3.63) is 53.4 Å². The van der Waals surface area contributed by atoms with Crippen molar-refractivity contribution >= 4 is 46.1 Å². The molecule has 1 saturated carbocycles. The molecule has 0 radical (unpaired) electrons. The molecule has 2 aliphatic heterocycles. The van der Waals surface area contributed by atoms with Crippen molar-refractivity contribution in [2.45, 2.75) is 51.5 Å². The van der Waals surface area contributed by atoms with Gasteiger partial charge in [-0.25, -0.2) is 4.98 Å². The molecular weight excluding hydrogens is 538 g/mol. The molecule has 2 aromatic heterocycles. The molecule has 0 bridgehead atoms. The van der Waals surface area contributed by atoms with Crippen LogP contribution in [-0.2, 0) is 14.3 Å². The molecule has 0 unspecified atom stereocenters. The van der Waals surface area contributed by atoms with E-state index in [0.717, 1.165) is 31.4 Å². The van der Waals surface area contributed by atoms with Crippen LogP contribution in [-0.4, -0.2) is 77.3 Å². The van der Waals surface area contributed by atoms with Gasteiger partial charge in [0.15, 0.2) is 0 Å². The maximum atomic E-state index is 13.6. The van der Waals surface area contributed by atoms with Gasteiger partial charge in [-0.1, -0.05) is 6.07 Å². The Hall–Kier alpha value is -4.25. The molecule has 2 saturated heterocycles. The van der Waals surface area contributed by atoms with E-state index < -0.39 is 5.91 Å². The van der Waals surface area contributed by atoms with Gasteiger partial charge in [-0.15, -0.1) is 0 Å². The number of benzene rings is 1.